The van der Waals surface area contributed by atoms with E-state index in [4.69, 9.17) is 10.8 Å². The Labute approximate surface area is 113 Å². The van der Waals surface area contributed by atoms with Gasteiger partial charge >= 0.3 is 0 Å². The Hall–Kier alpha value is -1.56. The number of nitrogen functional groups attached to an aromatic ring is 1. The molecule has 6 nitrogen and oxygen atoms in total. The third-order valence-corrected chi connectivity index (χ3v) is 3.54. The van der Waals surface area contributed by atoms with E-state index in [1.807, 2.05) is 6.07 Å². The van der Waals surface area contributed by atoms with Crippen molar-refractivity contribution in [3.63, 3.8) is 0 Å². The summed E-state index contributed by atoms with van der Waals surface area (Å²) in [5.74, 6) is 1.77. The molecule has 0 bridgehead atoms. The highest BCUT2D eigenvalue weighted by Gasteiger charge is 2.41. The predicted molar refractivity (Wildman–Crippen MR) is 77.1 cm³/mol. The molecule has 1 aromatic heterocycles. The van der Waals surface area contributed by atoms with E-state index in [-0.39, 0.29) is 18.0 Å². The summed E-state index contributed by atoms with van der Waals surface area (Å²) in [6, 6.07) is 1.88. The molecule has 5 N–H and O–H groups in total. The van der Waals surface area contributed by atoms with Crippen LogP contribution in [0.1, 0.15) is 32.6 Å². The fraction of sp³-hybridized carbons (Fsp3) is 0.692. The van der Waals surface area contributed by atoms with Gasteiger partial charge in [0.05, 0.1) is 0 Å². The second kappa shape index (κ2) is 6.06. The Balaban J connectivity index is 1.94. The van der Waals surface area contributed by atoms with Crippen LogP contribution in [-0.4, -0.2) is 34.8 Å². The van der Waals surface area contributed by atoms with E-state index < -0.39 is 0 Å². The quantitative estimate of drug-likeness (QED) is 0.568. The van der Waals surface area contributed by atoms with Gasteiger partial charge in [0.15, 0.2) is 0 Å². The summed E-state index contributed by atoms with van der Waals surface area (Å²) in [6.45, 7) is 4.04. The van der Waals surface area contributed by atoms with Crippen LogP contribution in [0.3, 0.4) is 0 Å². The van der Waals surface area contributed by atoms with E-state index in [0.29, 0.717) is 0 Å². The highest BCUT2D eigenvalue weighted by molar-refractivity contribution is 5.51. The number of anilines is 3. The van der Waals surface area contributed by atoms with Crippen LogP contribution in [0, 0.1) is 5.41 Å². The molecule has 0 unspecified atom stereocenters. The minimum Gasteiger partial charge on any atom is -0.396 e. The number of nitrogens with zero attached hydrogens (tertiary/aromatic N) is 2. The average Bonchev–Trinajstić information content (AvgIpc) is 3.14. The van der Waals surface area contributed by atoms with E-state index in [9.17, 15) is 0 Å². The van der Waals surface area contributed by atoms with Crippen LogP contribution in [0.25, 0.3) is 0 Å². The molecule has 2 rings (SSSR count). The predicted octanol–water partition coefficient (Wildman–Crippen LogP) is 1.46. The molecule has 0 aliphatic heterocycles. The summed E-state index contributed by atoms with van der Waals surface area (Å²) >= 11 is 0. The second-order valence-electron chi connectivity index (χ2n) is 5.25. The normalized spacial score (nSPS) is 16.1. The highest BCUT2D eigenvalue weighted by Crippen LogP contribution is 2.48. The minimum absolute atomic E-state index is 0.247. The summed E-state index contributed by atoms with van der Waals surface area (Å²) in [6.07, 6.45) is 4.22. The number of nitrogens with one attached hydrogen (secondary N) is 2. The molecule has 6 heteroatoms. The minimum atomic E-state index is 0.247. The molecular weight excluding hydrogens is 242 g/mol. The summed E-state index contributed by atoms with van der Waals surface area (Å²) in [5, 5.41) is 15.6. The molecule has 1 aromatic rings. The first-order valence-electron chi connectivity index (χ1n) is 6.91. The smallest absolute Gasteiger partial charge is 0.223 e. The standard InChI is InChI=1S/C13H23N5O/c1-2-6-15-10-8-11(18-12(14)17-10)16-9-13(3-4-13)5-7-19/h8,19H,2-7,9H2,1H3,(H4,14,15,16,17,18). The van der Waals surface area contributed by atoms with Gasteiger partial charge in [0.2, 0.25) is 5.95 Å². The number of hydrogen-bond donors (Lipinski definition) is 4. The van der Waals surface area contributed by atoms with E-state index >= 15 is 0 Å². The SMILES string of the molecule is CCCNc1cc(NCC2(CCO)CC2)nc(N)n1. The van der Waals surface area contributed by atoms with Crippen molar-refractivity contribution in [3.05, 3.63) is 6.07 Å². The lowest BCUT2D eigenvalue weighted by molar-refractivity contribution is 0.253. The highest BCUT2D eigenvalue weighted by atomic mass is 16.3. The van der Waals surface area contributed by atoms with Crippen molar-refractivity contribution in [2.24, 2.45) is 5.41 Å². The first-order chi connectivity index (χ1) is 9.17. The maximum Gasteiger partial charge on any atom is 0.223 e. The van der Waals surface area contributed by atoms with Gasteiger partial charge in [-0.05, 0) is 31.1 Å². The lowest BCUT2D eigenvalue weighted by atomic mass is 10.0. The summed E-state index contributed by atoms with van der Waals surface area (Å²) in [7, 11) is 0. The molecule has 1 heterocycles. The average molecular weight is 265 g/mol. The van der Waals surface area contributed by atoms with Gasteiger partial charge in [-0.1, -0.05) is 6.92 Å². The molecule has 1 fully saturated rings. The number of hydrogen-bond acceptors (Lipinski definition) is 6. The van der Waals surface area contributed by atoms with E-state index in [1.54, 1.807) is 0 Å². The van der Waals surface area contributed by atoms with Crippen LogP contribution in [-0.2, 0) is 0 Å². The van der Waals surface area contributed by atoms with Crippen LogP contribution in [0.4, 0.5) is 17.6 Å². The van der Waals surface area contributed by atoms with Crippen LogP contribution in [0.2, 0.25) is 0 Å². The van der Waals surface area contributed by atoms with Crippen LogP contribution < -0.4 is 16.4 Å². The van der Waals surface area contributed by atoms with Crippen molar-refractivity contribution in [3.8, 4) is 0 Å². The largest absolute Gasteiger partial charge is 0.396 e. The van der Waals surface area contributed by atoms with Gasteiger partial charge in [-0.15, -0.1) is 0 Å². The molecule has 1 aliphatic rings. The zero-order chi connectivity index (χ0) is 13.7. The zero-order valence-electron chi connectivity index (χ0n) is 11.4. The number of rotatable bonds is 8. The number of aromatic nitrogens is 2. The Morgan fingerprint density at radius 3 is 2.58 bits per heavy atom. The third-order valence-electron chi connectivity index (χ3n) is 3.54. The monoisotopic (exact) mass is 265 g/mol. The topological polar surface area (TPSA) is 96.1 Å². The fourth-order valence-corrected chi connectivity index (χ4v) is 2.11. The first-order valence-corrected chi connectivity index (χ1v) is 6.91. The number of nitrogens with two attached hydrogens (primary N) is 1. The molecule has 1 aliphatic carbocycles. The Bertz CT molecular complexity index is 419. The van der Waals surface area contributed by atoms with Crippen LogP contribution in [0.5, 0.6) is 0 Å². The van der Waals surface area contributed by atoms with E-state index in [2.05, 4.69) is 27.5 Å². The van der Waals surface area contributed by atoms with Crippen molar-refractivity contribution in [2.75, 3.05) is 36.1 Å². The van der Waals surface area contributed by atoms with Crippen molar-refractivity contribution in [1.29, 1.82) is 0 Å². The van der Waals surface area contributed by atoms with Gasteiger partial charge in [-0.25, -0.2) is 0 Å². The second-order valence-corrected chi connectivity index (χ2v) is 5.25. The van der Waals surface area contributed by atoms with E-state index in [0.717, 1.165) is 37.6 Å². The molecule has 0 aromatic carbocycles. The molecule has 0 amide bonds. The van der Waals surface area contributed by atoms with Crippen molar-refractivity contribution in [1.82, 2.24) is 9.97 Å². The van der Waals surface area contributed by atoms with Crippen molar-refractivity contribution in [2.45, 2.75) is 32.6 Å². The Kier molecular flexibility index (Phi) is 4.42. The number of aliphatic hydroxyl groups is 1. The Morgan fingerprint density at radius 1 is 1.32 bits per heavy atom. The molecule has 1 saturated carbocycles. The fourth-order valence-electron chi connectivity index (χ4n) is 2.11. The zero-order valence-corrected chi connectivity index (χ0v) is 11.4. The molecule has 0 atom stereocenters. The molecule has 0 saturated heterocycles. The van der Waals surface area contributed by atoms with Gasteiger partial charge in [0.25, 0.3) is 0 Å². The van der Waals surface area contributed by atoms with E-state index in [1.165, 1.54) is 12.8 Å². The molecule has 0 spiro atoms. The van der Waals surface area contributed by atoms with Crippen LogP contribution >= 0.6 is 0 Å². The van der Waals surface area contributed by atoms with Crippen LogP contribution in [0.15, 0.2) is 6.07 Å². The number of aliphatic hydroxyl groups excluding tert-OH is 1. The van der Waals surface area contributed by atoms with Gasteiger partial charge < -0.3 is 21.5 Å². The summed E-state index contributed by atoms with van der Waals surface area (Å²) in [4.78, 5) is 8.33. The summed E-state index contributed by atoms with van der Waals surface area (Å²) < 4.78 is 0. The van der Waals surface area contributed by atoms with Crippen molar-refractivity contribution < 1.29 is 5.11 Å². The Morgan fingerprint density at radius 2 is 2.00 bits per heavy atom. The molecule has 19 heavy (non-hydrogen) atoms. The van der Waals surface area contributed by atoms with Gasteiger partial charge in [0.1, 0.15) is 11.6 Å². The van der Waals surface area contributed by atoms with Gasteiger partial charge in [-0.3, -0.25) is 0 Å². The molecule has 0 radical (unpaired) electrons. The molecule has 106 valence electrons. The van der Waals surface area contributed by atoms with Gasteiger partial charge in [0, 0.05) is 25.8 Å². The maximum atomic E-state index is 9.04. The molecular formula is C13H23N5O. The summed E-state index contributed by atoms with van der Waals surface area (Å²) in [5.41, 5.74) is 5.96. The van der Waals surface area contributed by atoms with Crippen molar-refractivity contribution >= 4 is 17.6 Å². The third kappa shape index (κ3) is 3.96. The lowest BCUT2D eigenvalue weighted by Crippen LogP contribution is -2.18. The first kappa shape index (κ1) is 13.9. The van der Waals surface area contributed by atoms with Gasteiger partial charge in [-0.2, -0.15) is 9.97 Å². The lowest BCUT2D eigenvalue weighted by Gasteiger charge is -2.15. The maximum absolute atomic E-state index is 9.04.